The Labute approximate surface area is 126 Å². The molecule has 0 saturated heterocycles. The van der Waals surface area contributed by atoms with Gasteiger partial charge in [0.25, 0.3) is 0 Å². The van der Waals surface area contributed by atoms with Crippen LogP contribution in [0.3, 0.4) is 0 Å². The molecule has 21 heavy (non-hydrogen) atoms. The lowest BCUT2D eigenvalue weighted by Gasteiger charge is -2.32. The summed E-state index contributed by atoms with van der Waals surface area (Å²) >= 11 is 0. The lowest BCUT2D eigenvalue weighted by Crippen LogP contribution is -2.46. The molecular weight excluding hydrogens is 258 g/mol. The molecule has 2 N–H and O–H groups in total. The van der Waals surface area contributed by atoms with Crippen molar-refractivity contribution < 1.29 is 5.11 Å². The SMILES string of the molecule is CC(C)NC(C)(CO)c1ccc2c(c1)Cc1ccccc1-2. The van der Waals surface area contributed by atoms with Crippen LogP contribution in [0.1, 0.15) is 37.5 Å². The summed E-state index contributed by atoms with van der Waals surface area (Å²) in [6.45, 7) is 6.38. The number of nitrogens with one attached hydrogen (secondary N) is 1. The van der Waals surface area contributed by atoms with Crippen LogP contribution in [0.4, 0.5) is 0 Å². The quantitative estimate of drug-likeness (QED) is 0.767. The zero-order chi connectivity index (χ0) is 15.0. The average molecular weight is 281 g/mol. The second kappa shape index (κ2) is 5.28. The van der Waals surface area contributed by atoms with Gasteiger partial charge in [0.05, 0.1) is 12.1 Å². The number of aliphatic hydroxyl groups excluding tert-OH is 1. The third kappa shape index (κ3) is 2.50. The van der Waals surface area contributed by atoms with Gasteiger partial charge in [-0.15, -0.1) is 0 Å². The molecule has 0 amide bonds. The van der Waals surface area contributed by atoms with Gasteiger partial charge >= 0.3 is 0 Å². The van der Waals surface area contributed by atoms with Crippen LogP contribution in [0.15, 0.2) is 42.5 Å². The summed E-state index contributed by atoms with van der Waals surface area (Å²) in [4.78, 5) is 0. The molecule has 1 aliphatic carbocycles. The van der Waals surface area contributed by atoms with E-state index in [0.29, 0.717) is 6.04 Å². The van der Waals surface area contributed by atoms with E-state index in [2.05, 4.69) is 68.6 Å². The van der Waals surface area contributed by atoms with Crippen molar-refractivity contribution in [1.82, 2.24) is 5.32 Å². The highest BCUT2D eigenvalue weighted by atomic mass is 16.3. The van der Waals surface area contributed by atoms with Crippen molar-refractivity contribution in [2.45, 2.75) is 38.8 Å². The molecule has 0 saturated carbocycles. The highest BCUT2D eigenvalue weighted by molar-refractivity contribution is 5.77. The number of aliphatic hydroxyl groups is 1. The third-order valence-electron chi connectivity index (χ3n) is 4.35. The summed E-state index contributed by atoms with van der Waals surface area (Å²) in [7, 11) is 0. The van der Waals surface area contributed by atoms with E-state index in [-0.39, 0.29) is 6.61 Å². The van der Waals surface area contributed by atoms with Crippen LogP contribution in [-0.2, 0) is 12.0 Å². The highest BCUT2D eigenvalue weighted by Crippen LogP contribution is 2.38. The maximum atomic E-state index is 9.85. The molecule has 0 aromatic heterocycles. The molecule has 1 atom stereocenters. The summed E-state index contributed by atoms with van der Waals surface area (Å²) in [6.07, 6.45) is 0.989. The van der Waals surface area contributed by atoms with E-state index in [0.717, 1.165) is 12.0 Å². The summed E-state index contributed by atoms with van der Waals surface area (Å²) in [5.41, 5.74) is 6.20. The first kappa shape index (κ1) is 14.3. The molecule has 0 spiro atoms. The third-order valence-corrected chi connectivity index (χ3v) is 4.35. The normalized spacial score (nSPS) is 15.7. The van der Waals surface area contributed by atoms with Crippen LogP contribution >= 0.6 is 0 Å². The zero-order valence-electron chi connectivity index (χ0n) is 13.0. The molecule has 0 heterocycles. The minimum atomic E-state index is -0.391. The van der Waals surface area contributed by atoms with Crippen molar-refractivity contribution >= 4 is 0 Å². The van der Waals surface area contributed by atoms with Crippen molar-refractivity contribution in [2.24, 2.45) is 0 Å². The molecule has 2 aromatic carbocycles. The van der Waals surface area contributed by atoms with E-state index in [9.17, 15) is 5.11 Å². The largest absolute Gasteiger partial charge is 0.394 e. The lowest BCUT2D eigenvalue weighted by molar-refractivity contribution is 0.166. The van der Waals surface area contributed by atoms with Crippen LogP contribution in [0.5, 0.6) is 0 Å². The van der Waals surface area contributed by atoms with Gasteiger partial charge in [-0.3, -0.25) is 0 Å². The van der Waals surface area contributed by atoms with Gasteiger partial charge in [0.2, 0.25) is 0 Å². The maximum absolute atomic E-state index is 9.85. The molecule has 1 unspecified atom stereocenters. The molecule has 110 valence electrons. The average Bonchev–Trinajstić information content (AvgIpc) is 2.84. The molecule has 0 bridgehead atoms. The first-order valence-corrected chi connectivity index (χ1v) is 7.64. The molecule has 0 fully saturated rings. The standard InChI is InChI=1S/C19H23NO/c1-13(2)20-19(3,12-21)16-8-9-18-15(11-16)10-14-6-4-5-7-17(14)18/h4-9,11,13,20-21H,10,12H2,1-3H3. The minimum absolute atomic E-state index is 0.0942. The topological polar surface area (TPSA) is 32.3 Å². The van der Waals surface area contributed by atoms with E-state index in [1.807, 2.05) is 0 Å². The predicted octanol–water partition coefficient (Wildman–Crippen LogP) is 3.46. The van der Waals surface area contributed by atoms with E-state index >= 15 is 0 Å². The predicted molar refractivity (Wildman–Crippen MR) is 87.4 cm³/mol. The molecule has 0 radical (unpaired) electrons. The van der Waals surface area contributed by atoms with Gasteiger partial charge in [0.15, 0.2) is 0 Å². The van der Waals surface area contributed by atoms with E-state index < -0.39 is 5.54 Å². The molecule has 2 nitrogen and oxygen atoms in total. The van der Waals surface area contributed by atoms with E-state index in [4.69, 9.17) is 0 Å². The molecule has 2 aromatic rings. The fraction of sp³-hybridized carbons (Fsp3) is 0.368. The van der Waals surface area contributed by atoms with Crippen LogP contribution in [0.2, 0.25) is 0 Å². The lowest BCUT2D eigenvalue weighted by atomic mass is 9.89. The first-order chi connectivity index (χ1) is 10.0. The molecule has 3 rings (SSSR count). The van der Waals surface area contributed by atoms with Crippen LogP contribution in [0.25, 0.3) is 11.1 Å². The fourth-order valence-electron chi connectivity index (χ4n) is 3.35. The van der Waals surface area contributed by atoms with Gasteiger partial charge in [0, 0.05) is 6.04 Å². The summed E-state index contributed by atoms with van der Waals surface area (Å²) in [5.74, 6) is 0. The first-order valence-electron chi connectivity index (χ1n) is 7.64. The minimum Gasteiger partial charge on any atom is -0.394 e. The zero-order valence-corrected chi connectivity index (χ0v) is 13.0. The van der Waals surface area contributed by atoms with Crippen LogP contribution in [0, 0.1) is 0 Å². The summed E-state index contributed by atoms with van der Waals surface area (Å²) in [6, 6.07) is 15.5. The molecule has 0 aliphatic heterocycles. The van der Waals surface area contributed by atoms with Gasteiger partial charge < -0.3 is 10.4 Å². The van der Waals surface area contributed by atoms with Gasteiger partial charge in [0.1, 0.15) is 0 Å². The van der Waals surface area contributed by atoms with Crippen molar-refractivity contribution in [3.63, 3.8) is 0 Å². The number of benzene rings is 2. The molecule has 1 aliphatic rings. The Bertz CT molecular complexity index is 662. The Morgan fingerprint density at radius 2 is 1.81 bits per heavy atom. The number of rotatable bonds is 4. The summed E-state index contributed by atoms with van der Waals surface area (Å²) < 4.78 is 0. The van der Waals surface area contributed by atoms with Gasteiger partial charge in [-0.05, 0) is 55.0 Å². The van der Waals surface area contributed by atoms with Crippen molar-refractivity contribution in [3.05, 3.63) is 59.2 Å². The Morgan fingerprint density at radius 3 is 2.52 bits per heavy atom. The van der Waals surface area contributed by atoms with Gasteiger partial charge in [-0.2, -0.15) is 0 Å². The number of hydrogen-bond donors (Lipinski definition) is 2. The Balaban J connectivity index is 2.00. The smallest absolute Gasteiger partial charge is 0.0652 e. The number of fused-ring (bicyclic) bond motifs is 3. The van der Waals surface area contributed by atoms with Crippen molar-refractivity contribution in [1.29, 1.82) is 0 Å². The highest BCUT2D eigenvalue weighted by Gasteiger charge is 2.28. The fourth-order valence-corrected chi connectivity index (χ4v) is 3.35. The Hall–Kier alpha value is -1.64. The monoisotopic (exact) mass is 281 g/mol. The van der Waals surface area contributed by atoms with Crippen molar-refractivity contribution in [3.8, 4) is 11.1 Å². The van der Waals surface area contributed by atoms with Crippen molar-refractivity contribution in [2.75, 3.05) is 6.61 Å². The number of hydrogen-bond acceptors (Lipinski definition) is 2. The van der Waals surface area contributed by atoms with Crippen LogP contribution in [-0.4, -0.2) is 17.8 Å². The van der Waals surface area contributed by atoms with Gasteiger partial charge in [-0.25, -0.2) is 0 Å². The van der Waals surface area contributed by atoms with Gasteiger partial charge in [-0.1, -0.05) is 42.5 Å². The Morgan fingerprint density at radius 1 is 1.10 bits per heavy atom. The second-order valence-electron chi connectivity index (χ2n) is 6.50. The van der Waals surface area contributed by atoms with E-state index in [1.54, 1.807) is 0 Å². The Kier molecular flexibility index (Phi) is 3.60. The summed E-state index contributed by atoms with van der Waals surface area (Å²) in [5, 5.41) is 13.3. The molecular formula is C19H23NO. The second-order valence-corrected chi connectivity index (χ2v) is 6.50. The van der Waals surface area contributed by atoms with Crippen LogP contribution < -0.4 is 5.32 Å². The van der Waals surface area contributed by atoms with E-state index in [1.165, 1.54) is 22.3 Å². The maximum Gasteiger partial charge on any atom is 0.0652 e. The molecule has 2 heteroatoms.